The number of nitro benzene ring substituents is 1. The Morgan fingerprint density at radius 2 is 1.86 bits per heavy atom. The van der Waals surface area contributed by atoms with Gasteiger partial charge in [0.15, 0.2) is 0 Å². The van der Waals surface area contributed by atoms with Crippen molar-refractivity contribution in [3.05, 3.63) is 39.9 Å². The molecule has 3 nitrogen and oxygen atoms in total. The van der Waals surface area contributed by atoms with Crippen LogP contribution in [0, 0.1) is 10.1 Å². The van der Waals surface area contributed by atoms with Gasteiger partial charge in [0.1, 0.15) is 0 Å². The zero-order valence-corrected chi connectivity index (χ0v) is 10.5. The summed E-state index contributed by atoms with van der Waals surface area (Å²) in [6, 6.07) is 6.83. The van der Waals surface area contributed by atoms with Gasteiger partial charge < -0.3 is 0 Å². The second-order valence-electron chi connectivity index (χ2n) is 2.82. The molecule has 0 saturated carbocycles. The molecule has 0 amide bonds. The summed E-state index contributed by atoms with van der Waals surface area (Å²) in [6.45, 7) is 0. The zero-order valence-electron chi connectivity index (χ0n) is 7.32. The number of nitro groups is 1. The molecule has 0 fully saturated rings. The average Bonchev–Trinajstić information content (AvgIpc) is 2.20. The average molecular weight is 323 g/mol. The molecule has 1 aromatic rings. The minimum atomic E-state index is -0.340. The molecule has 0 bridgehead atoms. The minimum absolute atomic E-state index is 0.136. The first-order chi connectivity index (χ1) is 6.70. The largest absolute Gasteiger partial charge is 0.272 e. The van der Waals surface area contributed by atoms with Crippen LogP contribution in [0.25, 0.3) is 0 Å². The third-order valence-corrected chi connectivity index (χ3v) is 3.51. The molecule has 0 radical (unpaired) electrons. The maximum Gasteiger partial charge on any atom is 0.272 e. The van der Waals surface area contributed by atoms with E-state index in [0.29, 0.717) is 10.7 Å². The molecule has 14 heavy (non-hydrogen) atoms. The summed E-state index contributed by atoms with van der Waals surface area (Å²) in [5.41, 5.74) is 0.961. The van der Waals surface area contributed by atoms with E-state index in [1.165, 1.54) is 6.07 Å². The summed E-state index contributed by atoms with van der Waals surface area (Å²) in [6.07, 6.45) is 0. The van der Waals surface area contributed by atoms with Gasteiger partial charge in [-0.3, -0.25) is 10.1 Å². The van der Waals surface area contributed by atoms with E-state index in [1.807, 2.05) is 6.07 Å². The third kappa shape index (κ3) is 2.54. The predicted molar refractivity (Wildman–Crippen MR) is 63.4 cm³/mol. The van der Waals surface area contributed by atoms with Crippen LogP contribution in [0.1, 0.15) is 11.5 Å². The standard InChI is InChI=1S/C9H9Br2NO2/c10-5-7(6-11)8-3-1-2-4-9(8)12(13)14/h1-4,7H,5-6H2. The fourth-order valence-electron chi connectivity index (χ4n) is 1.21. The number of hydrogen-bond acceptors (Lipinski definition) is 2. The van der Waals surface area contributed by atoms with E-state index < -0.39 is 0 Å². The minimum Gasteiger partial charge on any atom is -0.258 e. The Morgan fingerprint density at radius 3 is 2.36 bits per heavy atom. The van der Waals surface area contributed by atoms with Crippen LogP contribution in [-0.2, 0) is 0 Å². The lowest BCUT2D eigenvalue weighted by Gasteiger charge is -2.10. The lowest BCUT2D eigenvalue weighted by molar-refractivity contribution is -0.385. The molecule has 1 rings (SSSR count). The molecule has 0 spiro atoms. The third-order valence-electron chi connectivity index (χ3n) is 1.95. The highest BCUT2D eigenvalue weighted by Crippen LogP contribution is 2.28. The molecule has 0 aliphatic rings. The van der Waals surface area contributed by atoms with Crippen LogP contribution < -0.4 is 0 Å². The Morgan fingerprint density at radius 1 is 1.29 bits per heavy atom. The first kappa shape index (κ1) is 11.7. The van der Waals surface area contributed by atoms with Gasteiger partial charge in [-0.05, 0) is 0 Å². The van der Waals surface area contributed by atoms with Gasteiger partial charge in [-0.25, -0.2) is 0 Å². The first-order valence-electron chi connectivity index (χ1n) is 4.06. The van der Waals surface area contributed by atoms with Gasteiger partial charge in [0.25, 0.3) is 5.69 Å². The molecule has 0 aliphatic carbocycles. The molecule has 0 aliphatic heterocycles. The highest BCUT2D eigenvalue weighted by atomic mass is 79.9. The van der Waals surface area contributed by atoms with Gasteiger partial charge in [-0.2, -0.15) is 0 Å². The molecule has 0 heterocycles. The van der Waals surface area contributed by atoms with Crippen molar-refractivity contribution in [1.29, 1.82) is 0 Å². The van der Waals surface area contributed by atoms with E-state index in [2.05, 4.69) is 31.9 Å². The predicted octanol–water partition coefficient (Wildman–Crippen LogP) is 3.47. The number of hydrogen-bond donors (Lipinski definition) is 0. The maximum absolute atomic E-state index is 10.7. The summed E-state index contributed by atoms with van der Waals surface area (Å²) in [5, 5.41) is 12.2. The van der Waals surface area contributed by atoms with Crippen molar-refractivity contribution in [2.75, 3.05) is 10.7 Å². The van der Waals surface area contributed by atoms with Gasteiger partial charge in [-0.15, -0.1) is 0 Å². The normalized spacial score (nSPS) is 10.5. The number of halogens is 2. The Balaban J connectivity index is 3.11. The molecular formula is C9H9Br2NO2. The van der Waals surface area contributed by atoms with Crippen molar-refractivity contribution < 1.29 is 4.92 Å². The van der Waals surface area contributed by atoms with Crippen LogP contribution in [0.2, 0.25) is 0 Å². The van der Waals surface area contributed by atoms with Crippen LogP contribution in [0.4, 0.5) is 5.69 Å². The number of rotatable bonds is 4. The van der Waals surface area contributed by atoms with Crippen molar-refractivity contribution in [3.63, 3.8) is 0 Å². The van der Waals surface area contributed by atoms with Gasteiger partial charge in [0.2, 0.25) is 0 Å². The Labute approximate surface area is 98.9 Å². The molecule has 0 atom stereocenters. The van der Waals surface area contributed by atoms with Crippen LogP contribution in [0.5, 0.6) is 0 Å². The van der Waals surface area contributed by atoms with Crippen LogP contribution >= 0.6 is 31.9 Å². The van der Waals surface area contributed by atoms with Gasteiger partial charge in [-0.1, -0.05) is 50.1 Å². The second-order valence-corrected chi connectivity index (χ2v) is 4.12. The molecular weight excluding hydrogens is 314 g/mol. The van der Waals surface area contributed by atoms with Gasteiger partial charge >= 0.3 is 0 Å². The topological polar surface area (TPSA) is 43.1 Å². The fraction of sp³-hybridized carbons (Fsp3) is 0.333. The number of benzene rings is 1. The molecule has 0 N–H and O–H groups in total. The van der Waals surface area contributed by atoms with E-state index in [0.717, 1.165) is 5.56 Å². The summed E-state index contributed by atoms with van der Waals surface area (Å²) < 4.78 is 0. The fourth-order valence-corrected chi connectivity index (χ4v) is 2.98. The van der Waals surface area contributed by atoms with E-state index in [-0.39, 0.29) is 16.5 Å². The van der Waals surface area contributed by atoms with Crippen LogP contribution in [0.3, 0.4) is 0 Å². The molecule has 1 aromatic carbocycles. The monoisotopic (exact) mass is 321 g/mol. The van der Waals surface area contributed by atoms with Crippen LogP contribution in [-0.4, -0.2) is 15.6 Å². The Kier molecular flexibility index (Phi) is 4.54. The molecule has 76 valence electrons. The quantitative estimate of drug-likeness (QED) is 0.484. The lowest BCUT2D eigenvalue weighted by atomic mass is 10.0. The van der Waals surface area contributed by atoms with Gasteiger partial charge in [0.05, 0.1) is 4.92 Å². The Bertz CT molecular complexity index is 326. The van der Waals surface area contributed by atoms with E-state index in [4.69, 9.17) is 0 Å². The lowest BCUT2D eigenvalue weighted by Crippen LogP contribution is -2.05. The van der Waals surface area contributed by atoms with Crippen molar-refractivity contribution >= 4 is 37.5 Å². The smallest absolute Gasteiger partial charge is 0.258 e. The van der Waals surface area contributed by atoms with E-state index >= 15 is 0 Å². The van der Waals surface area contributed by atoms with Crippen molar-refractivity contribution in [1.82, 2.24) is 0 Å². The van der Waals surface area contributed by atoms with Crippen molar-refractivity contribution in [2.24, 2.45) is 0 Å². The second kappa shape index (κ2) is 5.46. The highest BCUT2D eigenvalue weighted by Gasteiger charge is 2.19. The summed E-state index contributed by atoms with van der Waals surface area (Å²) in [5.74, 6) is 0.136. The highest BCUT2D eigenvalue weighted by molar-refractivity contribution is 9.09. The van der Waals surface area contributed by atoms with Gasteiger partial charge in [0, 0.05) is 28.2 Å². The molecule has 0 aromatic heterocycles. The maximum atomic E-state index is 10.7. The number of para-hydroxylation sites is 1. The summed E-state index contributed by atoms with van der Waals surface area (Å²) >= 11 is 6.69. The SMILES string of the molecule is O=[N+]([O-])c1ccccc1C(CBr)CBr. The Hall–Kier alpha value is -0.420. The molecule has 5 heteroatoms. The van der Waals surface area contributed by atoms with Crippen LogP contribution in [0.15, 0.2) is 24.3 Å². The summed E-state index contributed by atoms with van der Waals surface area (Å²) in [7, 11) is 0. The van der Waals surface area contributed by atoms with E-state index in [9.17, 15) is 10.1 Å². The van der Waals surface area contributed by atoms with E-state index in [1.54, 1.807) is 12.1 Å². The number of alkyl halides is 2. The molecule has 0 saturated heterocycles. The first-order valence-corrected chi connectivity index (χ1v) is 6.30. The van der Waals surface area contributed by atoms with Crippen molar-refractivity contribution in [2.45, 2.75) is 5.92 Å². The summed E-state index contributed by atoms with van der Waals surface area (Å²) in [4.78, 5) is 10.4. The zero-order chi connectivity index (χ0) is 10.6. The van der Waals surface area contributed by atoms with Crippen molar-refractivity contribution in [3.8, 4) is 0 Å². The number of nitrogens with zero attached hydrogens (tertiary/aromatic N) is 1. The molecule has 0 unspecified atom stereocenters.